The molecule has 0 saturated heterocycles. The summed E-state index contributed by atoms with van der Waals surface area (Å²) in [7, 11) is 1.37. The summed E-state index contributed by atoms with van der Waals surface area (Å²) in [6.45, 7) is 1.84. The van der Waals surface area contributed by atoms with Crippen molar-refractivity contribution in [2.75, 3.05) is 7.11 Å². The highest BCUT2D eigenvalue weighted by atomic mass is 79.9. The molecule has 0 aliphatic heterocycles. The number of rotatable bonds is 2. The zero-order valence-electron chi connectivity index (χ0n) is 13.0. The lowest BCUT2D eigenvalue weighted by atomic mass is 10.2. The molecule has 2 aromatic heterocycles. The Bertz CT molecular complexity index is 1080. The number of oxazole rings is 1. The molecule has 0 N–H and O–H groups in total. The number of esters is 1. The number of hydrogen-bond acceptors (Lipinski definition) is 4. The molecule has 6 heteroatoms. The fourth-order valence-electron chi connectivity index (χ4n) is 2.87. The van der Waals surface area contributed by atoms with Crippen LogP contribution >= 0.6 is 15.9 Å². The van der Waals surface area contributed by atoms with E-state index in [0.29, 0.717) is 11.5 Å². The van der Waals surface area contributed by atoms with Crippen molar-refractivity contribution in [3.63, 3.8) is 0 Å². The number of aryl methyl sites for hydroxylation is 1. The van der Waals surface area contributed by atoms with Crippen molar-refractivity contribution in [3.8, 4) is 5.69 Å². The van der Waals surface area contributed by atoms with Gasteiger partial charge in [0.15, 0.2) is 11.5 Å². The largest absolute Gasteiger partial charge is 0.465 e. The van der Waals surface area contributed by atoms with E-state index in [1.165, 1.54) is 7.11 Å². The van der Waals surface area contributed by atoms with Gasteiger partial charge in [-0.2, -0.15) is 0 Å². The van der Waals surface area contributed by atoms with E-state index >= 15 is 0 Å². The Labute approximate surface area is 146 Å². The Kier molecular flexibility index (Phi) is 3.42. The maximum Gasteiger partial charge on any atom is 0.337 e. The molecule has 5 nitrogen and oxygen atoms in total. The van der Waals surface area contributed by atoms with Crippen LogP contribution in [0.25, 0.3) is 27.7 Å². The second-order valence-corrected chi connectivity index (χ2v) is 6.28. The number of hydrogen-bond donors (Lipinski definition) is 0. The summed E-state index contributed by atoms with van der Waals surface area (Å²) in [6.07, 6.45) is 1.99. The van der Waals surface area contributed by atoms with Crippen LogP contribution in [0.3, 0.4) is 0 Å². The lowest BCUT2D eigenvalue weighted by Gasteiger charge is -2.06. The molecule has 0 fully saturated rings. The summed E-state index contributed by atoms with van der Waals surface area (Å²) < 4.78 is 13.3. The second-order valence-electron chi connectivity index (χ2n) is 5.42. The maximum atomic E-state index is 11.6. The number of aromatic nitrogens is 2. The van der Waals surface area contributed by atoms with Gasteiger partial charge >= 0.3 is 5.97 Å². The van der Waals surface area contributed by atoms with Gasteiger partial charge in [0.05, 0.1) is 18.2 Å². The molecule has 0 spiro atoms. The number of carbonyl (C=O) groups excluding carboxylic acids is 1. The summed E-state index contributed by atoms with van der Waals surface area (Å²) in [4.78, 5) is 16.1. The lowest BCUT2D eigenvalue weighted by Crippen LogP contribution is -2.01. The Hall–Kier alpha value is -2.60. The van der Waals surface area contributed by atoms with Crippen molar-refractivity contribution in [2.24, 2.45) is 0 Å². The zero-order valence-corrected chi connectivity index (χ0v) is 14.6. The van der Waals surface area contributed by atoms with Crippen molar-refractivity contribution in [2.45, 2.75) is 6.92 Å². The van der Waals surface area contributed by atoms with Crippen LogP contribution in [0.4, 0.5) is 0 Å². The second kappa shape index (κ2) is 5.49. The lowest BCUT2D eigenvalue weighted by molar-refractivity contribution is 0.0601. The number of fused-ring (bicyclic) bond motifs is 3. The van der Waals surface area contributed by atoms with Crippen molar-refractivity contribution in [1.29, 1.82) is 0 Å². The maximum absolute atomic E-state index is 11.6. The van der Waals surface area contributed by atoms with Gasteiger partial charge in [0, 0.05) is 28.7 Å². The first-order valence-corrected chi connectivity index (χ1v) is 8.13. The fourth-order valence-corrected chi connectivity index (χ4v) is 3.46. The Morgan fingerprint density at radius 1 is 1.21 bits per heavy atom. The van der Waals surface area contributed by atoms with Crippen LogP contribution in [-0.2, 0) is 4.74 Å². The minimum Gasteiger partial charge on any atom is -0.465 e. The number of nitrogens with zero attached hydrogens (tertiary/aromatic N) is 2. The van der Waals surface area contributed by atoms with Crippen molar-refractivity contribution >= 4 is 43.9 Å². The van der Waals surface area contributed by atoms with Crippen LogP contribution in [0.2, 0.25) is 0 Å². The third kappa shape index (κ3) is 2.22. The summed E-state index contributed by atoms with van der Waals surface area (Å²) in [5, 5.41) is 1.00. The minimum atomic E-state index is -0.347. The molecule has 2 aromatic carbocycles. The molecular formula is C18H13BrN2O3. The number of methoxy groups -OCH3 is 1. The van der Waals surface area contributed by atoms with Crippen LogP contribution in [0.5, 0.6) is 0 Å². The molecule has 24 heavy (non-hydrogen) atoms. The van der Waals surface area contributed by atoms with E-state index < -0.39 is 0 Å². The van der Waals surface area contributed by atoms with Gasteiger partial charge in [-0.25, -0.2) is 9.78 Å². The van der Waals surface area contributed by atoms with Gasteiger partial charge in [0.1, 0.15) is 5.52 Å². The molecule has 2 heterocycles. The van der Waals surface area contributed by atoms with E-state index in [2.05, 4.69) is 20.9 Å². The average Bonchev–Trinajstić information content (AvgIpc) is 3.13. The van der Waals surface area contributed by atoms with Gasteiger partial charge in [0.25, 0.3) is 0 Å². The normalized spacial score (nSPS) is 11.3. The van der Waals surface area contributed by atoms with E-state index in [0.717, 1.165) is 32.2 Å². The number of ether oxygens (including phenoxy) is 1. The summed E-state index contributed by atoms with van der Waals surface area (Å²) in [6, 6.07) is 11.2. The predicted molar refractivity (Wildman–Crippen MR) is 94.6 cm³/mol. The van der Waals surface area contributed by atoms with Gasteiger partial charge in [-0.1, -0.05) is 0 Å². The van der Waals surface area contributed by atoms with Gasteiger partial charge in [0.2, 0.25) is 0 Å². The standard InChI is InChI=1S/C18H13BrN2O3/c1-10-20-17-15(24-10)8-7-14-16(17)13(19)9-21(14)12-5-3-11(4-6-12)18(22)23-2/h3-9H,1-2H3. The topological polar surface area (TPSA) is 57.3 Å². The molecule has 4 aromatic rings. The van der Waals surface area contributed by atoms with Gasteiger partial charge in [-0.3, -0.25) is 0 Å². The van der Waals surface area contributed by atoms with Crippen LogP contribution < -0.4 is 0 Å². The Morgan fingerprint density at radius 2 is 1.96 bits per heavy atom. The van der Waals surface area contributed by atoms with Gasteiger partial charge < -0.3 is 13.7 Å². The van der Waals surface area contributed by atoms with E-state index in [1.807, 2.05) is 42.0 Å². The monoisotopic (exact) mass is 384 g/mol. The van der Waals surface area contributed by atoms with Crippen LogP contribution in [0.1, 0.15) is 16.2 Å². The van der Waals surface area contributed by atoms with E-state index in [1.54, 1.807) is 12.1 Å². The molecule has 0 saturated carbocycles. The first-order chi connectivity index (χ1) is 11.6. The minimum absolute atomic E-state index is 0.347. The fraction of sp³-hybridized carbons (Fsp3) is 0.111. The quantitative estimate of drug-likeness (QED) is 0.472. The van der Waals surface area contributed by atoms with E-state index in [4.69, 9.17) is 9.15 Å². The van der Waals surface area contributed by atoms with Crippen LogP contribution in [0.15, 0.2) is 51.5 Å². The molecule has 0 unspecified atom stereocenters. The molecule has 0 aliphatic carbocycles. The summed E-state index contributed by atoms with van der Waals surface area (Å²) in [5.41, 5.74) is 4.07. The zero-order chi connectivity index (χ0) is 16.8. The number of halogens is 1. The van der Waals surface area contributed by atoms with Crippen LogP contribution in [0, 0.1) is 6.92 Å². The van der Waals surface area contributed by atoms with E-state index in [9.17, 15) is 4.79 Å². The van der Waals surface area contributed by atoms with Crippen molar-refractivity contribution in [3.05, 3.63) is 58.5 Å². The predicted octanol–water partition coefficient (Wildman–Crippen LogP) is 4.63. The Balaban J connectivity index is 1.91. The summed E-state index contributed by atoms with van der Waals surface area (Å²) >= 11 is 3.62. The third-order valence-corrected chi connectivity index (χ3v) is 4.55. The molecule has 0 bridgehead atoms. The number of benzene rings is 2. The highest BCUT2D eigenvalue weighted by Crippen LogP contribution is 2.34. The van der Waals surface area contributed by atoms with Crippen molar-refractivity contribution < 1.29 is 13.9 Å². The van der Waals surface area contributed by atoms with Crippen LogP contribution in [-0.4, -0.2) is 22.6 Å². The smallest absolute Gasteiger partial charge is 0.337 e. The summed E-state index contributed by atoms with van der Waals surface area (Å²) in [5.74, 6) is 0.291. The molecule has 0 amide bonds. The first-order valence-electron chi connectivity index (χ1n) is 7.34. The molecule has 120 valence electrons. The molecule has 0 aliphatic rings. The van der Waals surface area contributed by atoms with Crippen molar-refractivity contribution in [1.82, 2.24) is 9.55 Å². The SMILES string of the molecule is COC(=O)c1ccc(-n2cc(Br)c3c4nc(C)oc4ccc32)cc1. The number of carbonyl (C=O) groups is 1. The highest BCUT2D eigenvalue weighted by molar-refractivity contribution is 9.10. The molecule has 0 atom stereocenters. The molecular weight excluding hydrogens is 372 g/mol. The first kappa shape index (κ1) is 15.0. The Morgan fingerprint density at radius 3 is 2.67 bits per heavy atom. The highest BCUT2D eigenvalue weighted by Gasteiger charge is 2.15. The van der Waals surface area contributed by atoms with E-state index in [-0.39, 0.29) is 5.97 Å². The third-order valence-electron chi connectivity index (χ3n) is 3.95. The van der Waals surface area contributed by atoms with Gasteiger partial charge in [-0.05, 0) is 52.3 Å². The molecule has 4 rings (SSSR count). The molecule has 0 radical (unpaired) electrons. The average molecular weight is 385 g/mol. The van der Waals surface area contributed by atoms with Gasteiger partial charge in [-0.15, -0.1) is 0 Å².